The Kier molecular flexibility index (Phi) is 9.50. The van der Waals surface area contributed by atoms with E-state index in [9.17, 15) is 18.7 Å². The minimum absolute atomic E-state index is 0.00162. The highest BCUT2D eigenvalue weighted by molar-refractivity contribution is 5.84. The molecule has 3 aromatic rings. The number of pyridine rings is 1. The molecule has 1 unspecified atom stereocenters. The molecular formula is C31H35F2N3O3. The molecule has 1 N–H and O–H groups in total. The first-order chi connectivity index (χ1) is 18.7. The van der Waals surface area contributed by atoms with Gasteiger partial charge < -0.3 is 14.7 Å². The first-order valence-corrected chi connectivity index (χ1v) is 13.2. The Labute approximate surface area is 228 Å². The number of hydrogen-bond donors (Lipinski definition) is 1. The number of fused-ring (bicyclic) bond motifs is 1. The molecule has 39 heavy (non-hydrogen) atoms. The van der Waals surface area contributed by atoms with Gasteiger partial charge in [0, 0.05) is 42.2 Å². The molecule has 1 aromatic heterocycles. The van der Waals surface area contributed by atoms with Crippen LogP contribution in [0.5, 0.6) is 5.75 Å². The normalized spacial score (nSPS) is 18.5. The lowest BCUT2D eigenvalue weighted by Crippen LogP contribution is -2.41. The summed E-state index contributed by atoms with van der Waals surface area (Å²) in [5.74, 6) is 4.77. The van der Waals surface area contributed by atoms with Crippen molar-refractivity contribution in [2.45, 2.75) is 31.7 Å². The van der Waals surface area contributed by atoms with E-state index in [0.717, 1.165) is 48.5 Å². The van der Waals surface area contributed by atoms with Crippen LogP contribution in [-0.2, 0) is 4.79 Å². The molecule has 1 fully saturated rings. The maximum absolute atomic E-state index is 13.4. The van der Waals surface area contributed by atoms with Gasteiger partial charge >= 0.3 is 5.97 Å². The monoisotopic (exact) mass is 535 g/mol. The SMILES string of the molecule is COc1ccc2nccc(C(CC[C@@H]3CCN(CC#Cc4cc(F)cc(F)c4)C[C@@H]3CC(=O)O)N(C)C)c2c1. The molecule has 0 spiro atoms. The van der Waals surface area contributed by atoms with Crippen LogP contribution in [0.2, 0.25) is 0 Å². The Morgan fingerprint density at radius 2 is 1.95 bits per heavy atom. The van der Waals surface area contributed by atoms with Crippen LogP contribution in [0.1, 0.15) is 42.9 Å². The molecule has 1 aliphatic rings. The van der Waals surface area contributed by atoms with Crippen molar-refractivity contribution in [3.8, 4) is 17.6 Å². The maximum atomic E-state index is 13.4. The fourth-order valence-corrected chi connectivity index (χ4v) is 5.64. The molecule has 6 nitrogen and oxygen atoms in total. The van der Waals surface area contributed by atoms with E-state index in [0.29, 0.717) is 18.7 Å². The van der Waals surface area contributed by atoms with Gasteiger partial charge in [-0.25, -0.2) is 8.78 Å². The number of carboxylic acid groups (broad SMARTS) is 1. The van der Waals surface area contributed by atoms with Crippen LogP contribution < -0.4 is 4.74 Å². The van der Waals surface area contributed by atoms with E-state index < -0.39 is 17.6 Å². The third-order valence-electron chi connectivity index (χ3n) is 7.59. The van der Waals surface area contributed by atoms with Crippen molar-refractivity contribution in [1.29, 1.82) is 0 Å². The number of methoxy groups -OCH3 is 1. The smallest absolute Gasteiger partial charge is 0.303 e. The predicted molar refractivity (Wildman–Crippen MR) is 147 cm³/mol. The summed E-state index contributed by atoms with van der Waals surface area (Å²) < 4.78 is 32.3. The molecule has 0 saturated carbocycles. The fourth-order valence-electron chi connectivity index (χ4n) is 5.64. The highest BCUT2D eigenvalue weighted by atomic mass is 19.1. The van der Waals surface area contributed by atoms with Crippen LogP contribution in [0, 0.1) is 35.3 Å². The zero-order valence-corrected chi connectivity index (χ0v) is 22.7. The van der Waals surface area contributed by atoms with Crippen molar-refractivity contribution in [3.63, 3.8) is 0 Å². The van der Waals surface area contributed by atoms with Gasteiger partial charge in [-0.15, -0.1) is 0 Å². The molecule has 3 atom stereocenters. The van der Waals surface area contributed by atoms with E-state index in [1.807, 2.05) is 24.4 Å². The number of carboxylic acids is 1. The number of likely N-dealkylation sites (tertiary alicyclic amines) is 1. The van der Waals surface area contributed by atoms with E-state index >= 15 is 0 Å². The van der Waals surface area contributed by atoms with Gasteiger partial charge in [-0.3, -0.25) is 14.7 Å². The summed E-state index contributed by atoms with van der Waals surface area (Å²) in [6, 6.07) is 11.3. The second kappa shape index (κ2) is 13.0. The summed E-state index contributed by atoms with van der Waals surface area (Å²) in [4.78, 5) is 20.6. The van der Waals surface area contributed by atoms with E-state index in [-0.39, 0.29) is 24.3 Å². The van der Waals surface area contributed by atoms with Crippen LogP contribution in [0.3, 0.4) is 0 Å². The van der Waals surface area contributed by atoms with Gasteiger partial charge in [0.1, 0.15) is 17.4 Å². The van der Waals surface area contributed by atoms with Crippen LogP contribution in [0.4, 0.5) is 8.78 Å². The molecular weight excluding hydrogens is 500 g/mol. The Hall–Kier alpha value is -3.54. The van der Waals surface area contributed by atoms with Crippen molar-refractivity contribution < 1.29 is 23.4 Å². The lowest BCUT2D eigenvalue weighted by Gasteiger charge is -2.38. The van der Waals surface area contributed by atoms with Crippen molar-refractivity contribution >= 4 is 16.9 Å². The third kappa shape index (κ3) is 7.53. The standard InChI is InChI=1S/C31H35F2N3O3/c1-35(2)30(27-10-12-34-29-8-7-26(39-3)19-28(27)29)9-6-22-11-14-36(20-23(22)17-31(37)38)13-4-5-21-15-24(32)18-25(33)16-21/h7-8,10,12,15-16,18-19,22-23,30H,6,9,11,13-14,17,20H2,1-3H3,(H,37,38)/t22-,23+,30?/m1/s1. The highest BCUT2D eigenvalue weighted by Crippen LogP contribution is 2.36. The summed E-state index contributed by atoms with van der Waals surface area (Å²) in [5.41, 5.74) is 2.39. The Morgan fingerprint density at radius 1 is 1.18 bits per heavy atom. The zero-order valence-electron chi connectivity index (χ0n) is 22.7. The van der Waals surface area contributed by atoms with Crippen molar-refractivity contribution in [3.05, 3.63) is 71.4 Å². The molecule has 1 aliphatic heterocycles. The minimum Gasteiger partial charge on any atom is -0.497 e. The summed E-state index contributed by atoms with van der Waals surface area (Å²) >= 11 is 0. The molecule has 1 saturated heterocycles. The number of nitrogens with zero attached hydrogens (tertiary/aromatic N) is 3. The van der Waals surface area contributed by atoms with E-state index in [4.69, 9.17) is 4.74 Å². The number of ether oxygens (including phenoxy) is 1. The summed E-state index contributed by atoms with van der Waals surface area (Å²) in [6.45, 7) is 1.85. The first kappa shape index (κ1) is 28.5. The van der Waals surface area contributed by atoms with Crippen molar-refractivity contribution in [2.24, 2.45) is 11.8 Å². The lowest BCUT2D eigenvalue weighted by molar-refractivity contribution is -0.139. The van der Waals surface area contributed by atoms with Crippen LogP contribution in [0.25, 0.3) is 10.9 Å². The van der Waals surface area contributed by atoms with E-state index in [1.165, 1.54) is 17.7 Å². The van der Waals surface area contributed by atoms with E-state index in [1.54, 1.807) is 7.11 Å². The molecule has 4 rings (SSSR count). The minimum atomic E-state index is -0.801. The van der Waals surface area contributed by atoms with Gasteiger partial charge in [0.05, 0.1) is 19.2 Å². The average Bonchev–Trinajstić information content (AvgIpc) is 2.88. The summed E-state index contributed by atoms with van der Waals surface area (Å²) in [6.07, 6.45) is 4.60. The molecule has 8 heteroatoms. The Bertz CT molecular complexity index is 1350. The topological polar surface area (TPSA) is 65.9 Å². The van der Waals surface area contributed by atoms with Gasteiger partial charge in [0.15, 0.2) is 0 Å². The second-order valence-corrected chi connectivity index (χ2v) is 10.4. The highest BCUT2D eigenvalue weighted by Gasteiger charge is 2.31. The quantitative estimate of drug-likeness (QED) is 0.372. The van der Waals surface area contributed by atoms with Gasteiger partial charge in [-0.2, -0.15) is 0 Å². The fraction of sp³-hybridized carbons (Fsp3) is 0.419. The number of halogens is 2. The number of rotatable bonds is 9. The molecule has 2 heterocycles. The number of piperidine rings is 1. The number of aliphatic carboxylic acids is 1. The largest absolute Gasteiger partial charge is 0.497 e. The molecule has 0 amide bonds. The van der Waals surface area contributed by atoms with Gasteiger partial charge in [-0.05, 0) is 93.7 Å². The Balaban J connectivity index is 1.45. The van der Waals surface area contributed by atoms with Crippen molar-refractivity contribution in [1.82, 2.24) is 14.8 Å². The van der Waals surface area contributed by atoms with Crippen LogP contribution in [0.15, 0.2) is 48.7 Å². The Morgan fingerprint density at radius 3 is 2.64 bits per heavy atom. The number of benzene rings is 2. The van der Waals surface area contributed by atoms with Crippen LogP contribution in [-0.4, -0.2) is 66.7 Å². The first-order valence-electron chi connectivity index (χ1n) is 13.2. The lowest BCUT2D eigenvalue weighted by atomic mass is 9.79. The molecule has 0 radical (unpaired) electrons. The predicted octanol–water partition coefficient (Wildman–Crippen LogP) is 5.37. The zero-order chi connectivity index (χ0) is 27.9. The summed E-state index contributed by atoms with van der Waals surface area (Å²) in [7, 11) is 5.79. The maximum Gasteiger partial charge on any atom is 0.303 e. The average molecular weight is 536 g/mol. The van der Waals surface area contributed by atoms with Gasteiger partial charge in [0.25, 0.3) is 0 Å². The molecule has 2 aromatic carbocycles. The number of aromatic nitrogens is 1. The summed E-state index contributed by atoms with van der Waals surface area (Å²) in [5, 5.41) is 10.7. The van der Waals surface area contributed by atoms with Gasteiger partial charge in [0.2, 0.25) is 0 Å². The third-order valence-corrected chi connectivity index (χ3v) is 7.59. The van der Waals surface area contributed by atoms with Crippen LogP contribution >= 0.6 is 0 Å². The van der Waals surface area contributed by atoms with Crippen molar-refractivity contribution in [2.75, 3.05) is 40.8 Å². The van der Waals surface area contributed by atoms with Gasteiger partial charge in [-0.1, -0.05) is 11.8 Å². The molecule has 206 valence electrons. The molecule has 0 bridgehead atoms. The second-order valence-electron chi connectivity index (χ2n) is 10.4. The number of carbonyl (C=O) groups is 1. The van der Waals surface area contributed by atoms with E-state index in [2.05, 4.69) is 46.8 Å². The number of hydrogen-bond acceptors (Lipinski definition) is 5. The molecule has 0 aliphatic carbocycles.